The third kappa shape index (κ3) is 2.03. The molecule has 2 fully saturated rings. The van der Waals surface area contributed by atoms with Gasteiger partial charge in [0.2, 0.25) is 0 Å². The second kappa shape index (κ2) is 3.95. The van der Waals surface area contributed by atoms with Crippen LogP contribution in [0.15, 0.2) is 0 Å². The van der Waals surface area contributed by atoms with E-state index in [2.05, 4.69) is 4.90 Å². The second-order valence-corrected chi connectivity index (χ2v) is 4.48. The fourth-order valence-corrected chi connectivity index (χ4v) is 2.59. The molecule has 0 aromatic heterocycles. The highest BCUT2D eigenvalue weighted by molar-refractivity contribution is 4.90. The first-order chi connectivity index (χ1) is 6.27. The van der Waals surface area contributed by atoms with Crippen LogP contribution in [-0.2, 0) is 0 Å². The summed E-state index contributed by atoms with van der Waals surface area (Å²) in [5, 5.41) is 9.53. The predicted molar refractivity (Wildman–Crippen MR) is 52.4 cm³/mol. The maximum absolute atomic E-state index is 9.53. The SMILES string of the molecule is N[C@@H]1CN(C2CCCCC2)C[C@H]1O. The van der Waals surface area contributed by atoms with Gasteiger partial charge in [-0.3, -0.25) is 4.90 Å². The van der Waals surface area contributed by atoms with Gasteiger partial charge in [-0.25, -0.2) is 0 Å². The summed E-state index contributed by atoms with van der Waals surface area (Å²) in [4.78, 5) is 2.38. The number of β-amino-alcohol motifs (C(OH)–C–C–N with tert-alkyl or cyclic N) is 1. The van der Waals surface area contributed by atoms with Crippen LogP contribution in [0.3, 0.4) is 0 Å². The van der Waals surface area contributed by atoms with Gasteiger partial charge in [0.1, 0.15) is 0 Å². The van der Waals surface area contributed by atoms with Crippen molar-refractivity contribution in [2.75, 3.05) is 13.1 Å². The van der Waals surface area contributed by atoms with Crippen molar-refractivity contribution in [2.24, 2.45) is 5.73 Å². The molecule has 0 spiro atoms. The summed E-state index contributed by atoms with van der Waals surface area (Å²) in [5.74, 6) is 0. The van der Waals surface area contributed by atoms with Crippen molar-refractivity contribution in [3.63, 3.8) is 0 Å². The average molecular weight is 184 g/mol. The third-order valence-electron chi connectivity index (χ3n) is 3.45. The Balaban J connectivity index is 1.87. The smallest absolute Gasteiger partial charge is 0.0830 e. The Hall–Kier alpha value is -0.120. The highest BCUT2D eigenvalue weighted by atomic mass is 16.3. The zero-order chi connectivity index (χ0) is 9.26. The number of likely N-dealkylation sites (tertiary alicyclic amines) is 1. The van der Waals surface area contributed by atoms with Gasteiger partial charge in [0.15, 0.2) is 0 Å². The molecule has 1 aliphatic carbocycles. The molecule has 0 aromatic carbocycles. The summed E-state index contributed by atoms with van der Waals surface area (Å²) >= 11 is 0. The van der Waals surface area contributed by atoms with E-state index in [1.165, 1.54) is 32.1 Å². The van der Waals surface area contributed by atoms with E-state index in [0.29, 0.717) is 6.04 Å². The first kappa shape index (κ1) is 9.44. The lowest BCUT2D eigenvalue weighted by molar-refractivity contribution is 0.139. The highest BCUT2D eigenvalue weighted by Gasteiger charge is 2.32. The summed E-state index contributed by atoms with van der Waals surface area (Å²) in [6.45, 7) is 1.69. The lowest BCUT2D eigenvalue weighted by Gasteiger charge is -2.30. The summed E-state index contributed by atoms with van der Waals surface area (Å²) in [5.41, 5.74) is 5.78. The van der Waals surface area contributed by atoms with Crippen LogP contribution in [0.4, 0.5) is 0 Å². The van der Waals surface area contributed by atoms with Gasteiger partial charge < -0.3 is 10.8 Å². The summed E-state index contributed by atoms with van der Waals surface area (Å²) in [6, 6.07) is 0.693. The third-order valence-corrected chi connectivity index (χ3v) is 3.45. The molecule has 2 rings (SSSR count). The number of hydrogen-bond acceptors (Lipinski definition) is 3. The predicted octanol–water partition coefficient (Wildman–Crippen LogP) is 0.323. The van der Waals surface area contributed by atoms with Crippen molar-refractivity contribution in [3.05, 3.63) is 0 Å². The van der Waals surface area contributed by atoms with Crippen molar-refractivity contribution in [3.8, 4) is 0 Å². The number of nitrogens with two attached hydrogens (primary N) is 1. The lowest BCUT2D eigenvalue weighted by atomic mass is 9.94. The van der Waals surface area contributed by atoms with E-state index in [4.69, 9.17) is 5.73 Å². The van der Waals surface area contributed by atoms with Crippen LogP contribution in [0.2, 0.25) is 0 Å². The van der Waals surface area contributed by atoms with E-state index in [1.54, 1.807) is 0 Å². The van der Waals surface area contributed by atoms with E-state index in [0.717, 1.165) is 13.1 Å². The first-order valence-corrected chi connectivity index (χ1v) is 5.45. The Kier molecular flexibility index (Phi) is 2.86. The molecule has 0 radical (unpaired) electrons. The van der Waals surface area contributed by atoms with Crippen molar-refractivity contribution in [1.82, 2.24) is 4.90 Å². The largest absolute Gasteiger partial charge is 0.390 e. The number of rotatable bonds is 1. The number of aliphatic hydroxyl groups excluding tert-OH is 1. The molecule has 0 aromatic rings. The molecule has 0 bridgehead atoms. The van der Waals surface area contributed by atoms with Gasteiger partial charge in [0, 0.05) is 25.2 Å². The van der Waals surface area contributed by atoms with E-state index in [9.17, 15) is 5.11 Å². The zero-order valence-electron chi connectivity index (χ0n) is 8.15. The van der Waals surface area contributed by atoms with Gasteiger partial charge in [0.25, 0.3) is 0 Å². The van der Waals surface area contributed by atoms with Gasteiger partial charge in [-0.15, -0.1) is 0 Å². The van der Waals surface area contributed by atoms with Crippen LogP contribution in [-0.4, -0.2) is 41.3 Å². The standard InChI is InChI=1S/C10H20N2O/c11-9-6-12(7-10(9)13)8-4-2-1-3-5-8/h8-10,13H,1-7,11H2/t9-,10-/m1/s1. The van der Waals surface area contributed by atoms with E-state index < -0.39 is 0 Å². The van der Waals surface area contributed by atoms with Crippen LogP contribution >= 0.6 is 0 Å². The Bertz CT molecular complexity index is 158. The minimum Gasteiger partial charge on any atom is -0.390 e. The highest BCUT2D eigenvalue weighted by Crippen LogP contribution is 2.25. The molecule has 1 aliphatic heterocycles. The lowest BCUT2D eigenvalue weighted by Crippen LogP contribution is -2.36. The quantitative estimate of drug-likeness (QED) is 0.617. The molecule has 3 N–H and O–H groups in total. The van der Waals surface area contributed by atoms with Gasteiger partial charge in [-0.2, -0.15) is 0 Å². The maximum atomic E-state index is 9.53. The molecule has 13 heavy (non-hydrogen) atoms. The Morgan fingerprint density at radius 2 is 1.77 bits per heavy atom. The fourth-order valence-electron chi connectivity index (χ4n) is 2.59. The molecule has 2 aliphatic rings. The molecule has 1 saturated carbocycles. The van der Waals surface area contributed by atoms with Crippen molar-refractivity contribution < 1.29 is 5.11 Å². The molecule has 0 unspecified atom stereocenters. The van der Waals surface area contributed by atoms with Crippen LogP contribution in [0.25, 0.3) is 0 Å². The molecule has 3 nitrogen and oxygen atoms in total. The topological polar surface area (TPSA) is 49.5 Å². The van der Waals surface area contributed by atoms with E-state index in [-0.39, 0.29) is 12.1 Å². The molecule has 0 amide bonds. The monoisotopic (exact) mass is 184 g/mol. The van der Waals surface area contributed by atoms with Crippen molar-refractivity contribution >= 4 is 0 Å². The second-order valence-electron chi connectivity index (χ2n) is 4.48. The van der Waals surface area contributed by atoms with Crippen LogP contribution < -0.4 is 5.73 Å². The summed E-state index contributed by atoms with van der Waals surface area (Å²) in [6.07, 6.45) is 6.42. The summed E-state index contributed by atoms with van der Waals surface area (Å²) < 4.78 is 0. The van der Waals surface area contributed by atoms with Crippen LogP contribution in [0.5, 0.6) is 0 Å². The van der Waals surface area contributed by atoms with Gasteiger partial charge in [0.05, 0.1) is 6.10 Å². The molecule has 76 valence electrons. The Morgan fingerprint density at radius 1 is 1.08 bits per heavy atom. The number of nitrogens with zero attached hydrogens (tertiary/aromatic N) is 1. The molecule has 1 heterocycles. The number of aliphatic hydroxyl groups is 1. The molecule has 1 saturated heterocycles. The van der Waals surface area contributed by atoms with E-state index in [1.807, 2.05) is 0 Å². The minimum absolute atomic E-state index is 0.0121. The first-order valence-electron chi connectivity index (χ1n) is 5.45. The minimum atomic E-state index is -0.290. The van der Waals surface area contributed by atoms with Gasteiger partial charge >= 0.3 is 0 Å². The van der Waals surface area contributed by atoms with E-state index >= 15 is 0 Å². The Labute approximate surface area is 79.9 Å². The van der Waals surface area contributed by atoms with Crippen molar-refractivity contribution in [1.29, 1.82) is 0 Å². The van der Waals surface area contributed by atoms with Crippen LogP contribution in [0, 0.1) is 0 Å². The summed E-state index contributed by atoms with van der Waals surface area (Å²) in [7, 11) is 0. The Morgan fingerprint density at radius 3 is 2.31 bits per heavy atom. The fraction of sp³-hybridized carbons (Fsp3) is 1.00. The molecular formula is C10H20N2O. The molecule has 2 atom stereocenters. The van der Waals surface area contributed by atoms with Gasteiger partial charge in [-0.05, 0) is 12.8 Å². The normalized spacial score (nSPS) is 38.3. The number of hydrogen-bond donors (Lipinski definition) is 2. The molecular weight excluding hydrogens is 164 g/mol. The zero-order valence-corrected chi connectivity index (χ0v) is 8.15. The maximum Gasteiger partial charge on any atom is 0.0830 e. The molecule has 3 heteroatoms. The van der Waals surface area contributed by atoms with Crippen LogP contribution in [0.1, 0.15) is 32.1 Å². The average Bonchev–Trinajstić information content (AvgIpc) is 2.49. The van der Waals surface area contributed by atoms with Crippen molar-refractivity contribution in [2.45, 2.75) is 50.3 Å². The van der Waals surface area contributed by atoms with Gasteiger partial charge in [-0.1, -0.05) is 19.3 Å².